The van der Waals surface area contributed by atoms with E-state index in [9.17, 15) is 4.79 Å². The number of hydrogen-bond donors (Lipinski definition) is 0. The van der Waals surface area contributed by atoms with E-state index in [0.29, 0.717) is 12.2 Å². The molecule has 0 saturated heterocycles. The third-order valence-corrected chi connectivity index (χ3v) is 4.11. The number of hydrogen-bond acceptors (Lipinski definition) is 2. The van der Waals surface area contributed by atoms with Crippen molar-refractivity contribution >= 4 is 5.97 Å². The van der Waals surface area contributed by atoms with Gasteiger partial charge in [-0.2, -0.15) is 0 Å². The molecule has 0 radical (unpaired) electrons. The van der Waals surface area contributed by atoms with E-state index < -0.39 is 0 Å². The van der Waals surface area contributed by atoms with Gasteiger partial charge in [0.05, 0.1) is 19.6 Å². The van der Waals surface area contributed by atoms with Gasteiger partial charge in [0.1, 0.15) is 13.2 Å². The Morgan fingerprint density at radius 3 is 1.64 bits per heavy atom. The van der Waals surface area contributed by atoms with Gasteiger partial charge in [0.2, 0.25) is 0 Å². The van der Waals surface area contributed by atoms with Crippen LogP contribution < -0.4 is 12.4 Å². The molecule has 0 aromatic carbocycles. The second kappa shape index (κ2) is 14.1. The average Bonchev–Trinajstić information content (AvgIpc) is 2.48. The van der Waals surface area contributed by atoms with Crippen molar-refractivity contribution in [1.29, 1.82) is 0 Å². The van der Waals surface area contributed by atoms with E-state index in [2.05, 4.69) is 27.4 Å². The first-order chi connectivity index (χ1) is 10.0. The molecule has 0 unspecified atom stereocenters. The molecule has 0 aromatic rings. The minimum Gasteiger partial charge on any atom is -1.00 e. The third kappa shape index (κ3) is 10.2. The molecule has 0 aliphatic heterocycles. The largest absolute Gasteiger partial charge is 1.00 e. The second-order valence-corrected chi connectivity index (χ2v) is 6.21. The van der Waals surface area contributed by atoms with Crippen molar-refractivity contribution in [2.45, 2.75) is 66.2 Å². The molecule has 132 valence electrons. The highest BCUT2D eigenvalue weighted by atomic mass is 35.5. The zero-order chi connectivity index (χ0) is 16.1. The lowest BCUT2D eigenvalue weighted by Crippen LogP contribution is -3.00. The Labute approximate surface area is 144 Å². The van der Waals surface area contributed by atoms with Gasteiger partial charge in [-0.1, -0.05) is 46.6 Å². The number of rotatable bonds is 13. The van der Waals surface area contributed by atoms with Crippen LogP contribution in [0.4, 0.5) is 0 Å². The number of halogens is 1. The van der Waals surface area contributed by atoms with Crippen LogP contribution in [-0.2, 0) is 9.53 Å². The molecule has 0 N–H and O–H groups in total. The van der Waals surface area contributed by atoms with Gasteiger partial charge in [-0.3, -0.25) is 0 Å². The normalized spacial score (nSPS) is 10.9. The van der Waals surface area contributed by atoms with Crippen LogP contribution in [-0.4, -0.2) is 43.2 Å². The van der Waals surface area contributed by atoms with Crippen LogP contribution in [0.15, 0.2) is 12.2 Å². The quantitative estimate of drug-likeness (QED) is 0.289. The predicted octanol–water partition coefficient (Wildman–Crippen LogP) is 1.33. The number of nitrogens with zero attached hydrogens (tertiary/aromatic N) is 1. The molecule has 0 spiro atoms. The molecule has 4 heteroatoms. The first-order valence-corrected chi connectivity index (χ1v) is 8.69. The first kappa shape index (κ1) is 23.7. The standard InChI is InChI=1S/C18H36NO2.ClH/c1-6-9-12-19(13-10-7-2,14-11-8-3)15-16-21-18(20)17(4)5;/h4,6-16H2,1-3,5H3;1H/q+1;/p-1. The highest BCUT2D eigenvalue weighted by Gasteiger charge is 2.26. The molecule has 0 saturated carbocycles. The summed E-state index contributed by atoms with van der Waals surface area (Å²) >= 11 is 0. The molecule has 0 bridgehead atoms. The number of quaternary nitrogens is 1. The van der Waals surface area contributed by atoms with Gasteiger partial charge in [-0.25, -0.2) is 4.79 Å². The van der Waals surface area contributed by atoms with Crippen molar-refractivity contribution in [2.24, 2.45) is 0 Å². The molecular formula is C18H36ClNO2. The lowest BCUT2D eigenvalue weighted by molar-refractivity contribution is -0.929. The maximum Gasteiger partial charge on any atom is 0.333 e. The molecule has 3 nitrogen and oxygen atoms in total. The van der Waals surface area contributed by atoms with Crippen LogP contribution >= 0.6 is 0 Å². The summed E-state index contributed by atoms with van der Waals surface area (Å²) in [6, 6.07) is 0. The molecule has 0 fully saturated rings. The molecule has 0 atom stereocenters. The highest BCUT2D eigenvalue weighted by molar-refractivity contribution is 5.86. The highest BCUT2D eigenvalue weighted by Crippen LogP contribution is 2.15. The van der Waals surface area contributed by atoms with Crippen LogP contribution in [0.25, 0.3) is 0 Å². The Hall–Kier alpha value is -0.540. The minimum atomic E-state index is -0.255. The summed E-state index contributed by atoms with van der Waals surface area (Å²) in [5.41, 5.74) is 0.490. The Bertz CT molecular complexity index is 284. The van der Waals surface area contributed by atoms with Gasteiger partial charge in [0.15, 0.2) is 0 Å². The number of ether oxygens (including phenoxy) is 1. The van der Waals surface area contributed by atoms with Crippen LogP contribution in [0.5, 0.6) is 0 Å². The van der Waals surface area contributed by atoms with Crippen molar-refractivity contribution < 1.29 is 26.4 Å². The van der Waals surface area contributed by atoms with E-state index in [1.165, 1.54) is 58.2 Å². The summed E-state index contributed by atoms with van der Waals surface area (Å²) in [6.07, 6.45) is 7.43. The lowest BCUT2D eigenvalue weighted by atomic mass is 10.1. The number of unbranched alkanes of at least 4 members (excludes halogenated alkanes) is 3. The van der Waals surface area contributed by atoms with E-state index in [-0.39, 0.29) is 18.4 Å². The van der Waals surface area contributed by atoms with Crippen molar-refractivity contribution in [2.75, 3.05) is 32.8 Å². The molecule has 0 amide bonds. The number of esters is 1. The summed E-state index contributed by atoms with van der Waals surface area (Å²) in [4.78, 5) is 11.5. The topological polar surface area (TPSA) is 26.3 Å². The van der Waals surface area contributed by atoms with Crippen LogP contribution in [0.2, 0.25) is 0 Å². The summed E-state index contributed by atoms with van der Waals surface area (Å²) in [6.45, 7) is 17.2. The van der Waals surface area contributed by atoms with Crippen molar-refractivity contribution in [1.82, 2.24) is 0 Å². The van der Waals surface area contributed by atoms with Gasteiger partial charge in [-0.15, -0.1) is 0 Å². The summed E-state index contributed by atoms with van der Waals surface area (Å²) in [7, 11) is 0. The maximum atomic E-state index is 11.5. The molecule has 0 aliphatic rings. The van der Waals surface area contributed by atoms with E-state index in [1.54, 1.807) is 6.92 Å². The fourth-order valence-electron chi connectivity index (χ4n) is 2.61. The van der Waals surface area contributed by atoms with Crippen LogP contribution in [0.1, 0.15) is 66.2 Å². The second-order valence-electron chi connectivity index (χ2n) is 6.21. The zero-order valence-electron chi connectivity index (χ0n) is 15.1. The fourth-order valence-corrected chi connectivity index (χ4v) is 2.61. The molecular weight excluding hydrogens is 298 g/mol. The molecule has 22 heavy (non-hydrogen) atoms. The monoisotopic (exact) mass is 333 g/mol. The molecule has 0 rings (SSSR count). The van der Waals surface area contributed by atoms with Gasteiger partial charge < -0.3 is 21.6 Å². The average molecular weight is 334 g/mol. The summed E-state index contributed by atoms with van der Waals surface area (Å²) in [5, 5.41) is 0. The Morgan fingerprint density at radius 2 is 1.32 bits per heavy atom. The predicted molar refractivity (Wildman–Crippen MR) is 90.2 cm³/mol. The third-order valence-electron chi connectivity index (χ3n) is 4.11. The van der Waals surface area contributed by atoms with E-state index in [0.717, 1.165) is 11.0 Å². The fraction of sp³-hybridized carbons (Fsp3) is 0.833. The lowest BCUT2D eigenvalue weighted by Gasteiger charge is -2.39. The van der Waals surface area contributed by atoms with Crippen LogP contribution in [0, 0.1) is 0 Å². The van der Waals surface area contributed by atoms with Gasteiger partial charge in [-0.05, 0) is 26.2 Å². The number of carbonyl (C=O) groups excluding carboxylic acids is 1. The van der Waals surface area contributed by atoms with Crippen molar-refractivity contribution in [3.8, 4) is 0 Å². The number of carbonyl (C=O) groups is 1. The van der Waals surface area contributed by atoms with E-state index >= 15 is 0 Å². The van der Waals surface area contributed by atoms with Crippen LogP contribution in [0.3, 0.4) is 0 Å². The Balaban J connectivity index is 0. The Kier molecular flexibility index (Phi) is 15.2. The van der Waals surface area contributed by atoms with Gasteiger partial charge in [0.25, 0.3) is 0 Å². The Morgan fingerprint density at radius 1 is 0.909 bits per heavy atom. The molecule has 0 aliphatic carbocycles. The van der Waals surface area contributed by atoms with E-state index in [4.69, 9.17) is 4.74 Å². The van der Waals surface area contributed by atoms with E-state index in [1.807, 2.05) is 0 Å². The van der Waals surface area contributed by atoms with Crippen molar-refractivity contribution in [3.63, 3.8) is 0 Å². The van der Waals surface area contributed by atoms with Gasteiger partial charge >= 0.3 is 5.97 Å². The first-order valence-electron chi connectivity index (χ1n) is 8.69. The summed E-state index contributed by atoms with van der Waals surface area (Å²) in [5.74, 6) is -0.255. The minimum absolute atomic E-state index is 0. The maximum absolute atomic E-state index is 11.5. The molecule has 0 heterocycles. The molecule has 0 aromatic heterocycles. The smallest absolute Gasteiger partial charge is 0.333 e. The zero-order valence-corrected chi connectivity index (χ0v) is 15.9. The SMILES string of the molecule is C=C(C)C(=O)OCC[N+](CCCC)(CCCC)CCCC.[Cl-]. The van der Waals surface area contributed by atoms with Gasteiger partial charge in [0, 0.05) is 5.57 Å². The van der Waals surface area contributed by atoms with Crippen molar-refractivity contribution in [3.05, 3.63) is 12.2 Å². The summed E-state index contributed by atoms with van der Waals surface area (Å²) < 4.78 is 6.45.